The molecule has 96 valence electrons. The van der Waals surface area contributed by atoms with Gasteiger partial charge in [0.15, 0.2) is 0 Å². The zero-order valence-electron chi connectivity index (χ0n) is 10.7. The molecule has 0 radical (unpaired) electrons. The standard InChI is InChI=1S/C15H19ClN2/c1-2-3-5-10-15(16)13-11-17-18(12-13)14-8-6-4-7-9-14/h4,6-9,11-12,15H,2-3,5,10H2,1H3. The Bertz CT molecular complexity index is 464. The number of hydrogen-bond donors (Lipinski definition) is 0. The number of para-hydroxylation sites is 1. The van der Waals surface area contributed by atoms with Crippen molar-refractivity contribution < 1.29 is 0 Å². The van der Waals surface area contributed by atoms with Crippen LogP contribution in [0.15, 0.2) is 42.7 Å². The third-order valence-electron chi connectivity index (χ3n) is 3.05. The van der Waals surface area contributed by atoms with Crippen molar-refractivity contribution in [1.29, 1.82) is 0 Å². The molecule has 0 fully saturated rings. The lowest BCUT2D eigenvalue weighted by molar-refractivity contribution is 0.655. The molecule has 0 bridgehead atoms. The van der Waals surface area contributed by atoms with Gasteiger partial charge in [0.2, 0.25) is 0 Å². The van der Waals surface area contributed by atoms with Gasteiger partial charge < -0.3 is 0 Å². The summed E-state index contributed by atoms with van der Waals surface area (Å²) in [5.74, 6) is 0. The lowest BCUT2D eigenvalue weighted by Crippen LogP contribution is -1.93. The summed E-state index contributed by atoms with van der Waals surface area (Å²) in [5, 5.41) is 4.45. The molecule has 1 atom stereocenters. The maximum Gasteiger partial charge on any atom is 0.0645 e. The average molecular weight is 263 g/mol. The molecule has 0 aliphatic carbocycles. The van der Waals surface area contributed by atoms with Gasteiger partial charge in [0.25, 0.3) is 0 Å². The molecule has 1 aromatic heterocycles. The molecular formula is C15H19ClN2. The summed E-state index contributed by atoms with van der Waals surface area (Å²) < 4.78 is 1.88. The number of halogens is 1. The van der Waals surface area contributed by atoms with E-state index in [0.717, 1.165) is 17.7 Å². The van der Waals surface area contributed by atoms with Crippen LogP contribution in [0.3, 0.4) is 0 Å². The Kier molecular flexibility index (Phi) is 4.82. The van der Waals surface area contributed by atoms with Gasteiger partial charge in [0.05, 0.1) is 17.3 Å². The highest BCUT2D eigenvalue weighted by molar-refractivity contribution is 6.20. The van der Waals surface area contributed by atoms with Crippen molar-refractivity contribution in [3.05, 3.63) is 48.3 Å². The van der Waals surface area contributed by atoms with Gasteiger partial charge in [0, 0.05) is 11.8 Å². The van der Waals surface area contributed by atoms with Gasteiger partial charge in [-0.2, -0.15) is 5.10 Å². The summed E-state index contributed by atoms with van der Waals surface area (Å²) in [6, 6.07) is 10.1. The Labute approximate surface area is 114 Å². The minimum atomic E-state index is 0.0778. The van der Waals surface area contributed by atoms with Crippen molar-refractivity contribution in [3.8, 4) is 5.69 Å². The third kappa shape index (κ3) is 3.36. The average Bonchev–Trinajstić information content (AvgIpc) is 2.89. The molecule has 1 unspecified atom stereocenters. The van der Waals surface area contributed by atoms with Crippen molar-refractivity contribution in [1.82, 2.24) is 9.78 Å². The predicted molar refractivity (Wildman–Crippen MR) is 76.3 cm³/mol. The van der Waals surface area contributed by atoms with Crippen molar-refractivity contribution in [2.75, 3.05) is 0 Å². The van der Waals surface area contributed by atoms with Crippen molar-refractivity contribution in [3.63, 3.8) is 0 Å². The van der Waals surface area contributed by atoms with E-state index >= 15 is 0 Å². The molecule has 0 N–H and O–H groups in total. The van der Waals surface area contributed by atoms with Gasteiger partial charge in [-0.25, -0.2) is 4.68 Å². The van der Waals surface area contributed by atoms with E-state index in [4.69, 9.17) is 11.6 Å². The Balaban J connectivity index is 2.02. The molecule has 3 heteroatoms. The number of alkyl halides is 1. The molecule has 0 spiro atoms. The third-order valence-corrected chi connectivity index (χ3v) is 3.52. The molecule has 0 saturated heterocycles. The van der Waals surface area contributed by atoms with Crippen LogP contribution in [0.4, 0.5) is 0 Å². The number of rotatable bonds is 6. The second-order valence-corrected chi connectivity index (χ2v) is 5.04. The molecule has 0 amide bonds. The Hall–Kier alpha value is -1.28. The molecule has 0 aliphatic heterocycles. The molecule has 0 aliphatic rings. The second-order valence-electron chi connectivity index (χ2n) is 4.52. The first-order chi connectivity index (χ1) is 8.81. The van der Waals surface area contributed by atoms with Crippen LogP contribution in [0.1, 0.15) is 43.5 Å². The van der Waals surface area contributed by atoms with Crippen LogP contribution in [0.2, 0.25) is 0 Å². The van der Waals surface area contributed by atoms with E-state index in [0.29, 0.717) is 0 Å². The van der Waals surface area contributed by atoms with E-state index < -0.39 is 0 Å². The van der Waals surface area contributed by atoms with E-state index in [2.05, 4.69) is 12.0 Å². The molecule has 2 rings (SSSR count). The van der Waals surface area contributed by atoms with Crippen LogP contribution in [-0.4, -0.2) is 9.78 Å². The number of nitrogens with zero attached hydrogens (tertiary/aromatic N) is 2. The fourth-order valence-electron chi connectivity index (χ4n) is 1.96. The van der Waals surface area contributed by atoms with Gasteiger partial charge in [-0.1, -0.05) is 44.4 Å². The lowest BCUT2D eigenvalue weighted by Gasteiger charge is -2.05. The molecule has 0 saturated carbocycles. The van der Waals surface area contributed by atoms with Crippen molar-refractivity contribution in [2.24, 2.45) is 0 Å². The minimum Gasteiger partial charge on any atom is -0.241 e. The summed E-state index contributed by atoms with van der Waals surface area (Å²) in [5.41, 5.74) is 2.18. The van der Waals surface area contributed by atoms with E-state index in [1.807, 2.05) is 47.4 Å². The van der Waals surface area contributed by atoms with E-state index in [1.165, 1.54) is 19.3 Å². The maximum atomic E-state index is 6.39. The topological polar surface area (TPSA) is 17.8 Å². The quantitative estimate of drug-likeness (QED) is 0.543. The highest BCUT2D eigenvalue weighted by atomic mass is 35.5. The summed E-state index contributed by atoms with van der Waals surface area (Å²) in [7, 11) is 0. The fourth-order valence-corrected chi connectivity index (χ4v) is 2.23. The highest BCUT2D eigenvalue weighted by Gasteiger charge is 2.10. The predicted octanol–water partition coefficient (Wildman–Crippen LogP) is 4.73. The van der Waals surface area contributed by atoms with Crippen LogP contribution in [-0.2, 0) is 0 Å². The summed E-state index contributed by atoms with van der Waals surface area (Å²) in [4.78, 5) is 0. The zero-order chi connectivity index (χ0) is 12.8. The lowest BCUT2D eigenvalue weighted by atomic mass is 10.1. The second kappa shape index (κ2) is 6.60. The highest BCUT2D eigenvalue weighted by Crippen LogP contribution is 2.26. The first kappa shape index (κ1) is 13.2. The van der Waals surface area contributed by atoms with Crippen LogP contribution in [0.25, 0.3) is 5.69 Å². The SMILES string of the molecule is CCCCCC(Cl)c1cnn(-c2ccccc2)c1. The molecule has 1 heterocycles. The number of hydrogen-bond acceptors (Lipinski definition) is 1. The number of aromatic nitrogens is 2. The Morgan fingerprint density at radius 2 is 2.00 bits per heavy atom. The molecule has 2 aromatic rings. The molecule has 1 aromatic carbocycles. The fraction of sp³-hybridized carbons (Fsp3) is 0.400. The van der Waals surface area contributed by atoms with Crippen molar-refractivity contribution in [2.45, 2.75) is 38.0 Å². The van der Waals surface area contributed by atoms with Gasteiger partial charge >= 0.3 is 0 Å². The minimum absolute atomic E-state index is 0.0778. The monoisotopic (exact) mass is 262 g/mol. The smallest absolute Gasteiger partial charge is 0.0645 e. The van der Waals surface area contributed by atoms with Gasteiger partial charge in [0.1, 0.15) is 0 Å². The zero-order valence-corrected chi connectivity index (χ0v) is 11.5. The van der Waals surface area contributed by atoms with E-state index in [9.17, 15) is 0 Å². The van der Waals surface area contributed by atoms with E-state index in [-0.39, 0.29) is 5.38 Å². The van der Waals surface area contributed by atoms with Crippen LogP contribution in [0, 0.1) is 0 Å². The Morgan fingerprint density at radius 1 is 1.22 bits per heavy atom. The maximum absolute atomic E-state index is 6.39. The first-order valence-corrected chi connectivity index (χ1v) is 6.99. The molecule has 2 nitrogen and oxygen atoms in total. The van der Waals surface area contributed by atoms with Crippen LogP contribution < -0.4 is 0 Å². The van der Waals surface area contributed by atoms with E-state index in [1.54, 1.807) is 0 Å². The van der Waals surface area contributed by atoms with Gasteiger partial charge in [-0.05, 0) is 18.6 Å². The summed E-state index contributed by atoms with van der Waals surface area (Å²) in [6.45, 7) is 2.21. The van der Waals surface area contributed by atoms with Gasteiger partial charge in [-0.15, -0.1) is 11.6 Å². The van der Waals surface area contributed by atoms with Crippen LogP contribution >= 0.6 is 11.6 Å². The largest absolute Gasteiger partial charge is 0.241 e. The Morgan fingerprint density at radius 3 is 2.72 bits per heavy atom. The summed E-state index contributed by atoms with van der Waals surface area (Å²) in [6.07, 6.45) is 8.58. The van der Waals surface area contributed by atoms with Crippen molar-refractivity contribution >= 4 is 11.6 Å². The summed E-state index contributed by atoms with van der Waals surface area (Å²) >= 11 is 6.39. The number of unbranched alkanes of at least 4 members (excludes halogenated alkanes) is 2. The first-order valence-electron chi connectivity index (χ1n) is 6.55. The van der Waals surface area contributed by atoms with Gasteiger partial charge in [-0.3, -0.25) is 0 Å². The van der Waals surface area contributed by atoms with Crippen LogP contribution in [0.5, 0.6) is 0 Å². The molecular weight excluding hydrogens is 244 g/mol. The number of benzene rings is 1. The molecule has 18 heavy (non-hydrogen) atoms. The normalized spacial score (nSPS) is 12.6.